The average molecular weight is 411 g/mol. The van der Waals surface area contributed by atoms with Crippen molar-refractivity contribution in [2.45, 2.75) is 18.3 Å². The molecule has 0 unspecified atom stereocenters. The van der Waals surface area contributed by atoms with Crippen LogP contribution in [0.4, 0.5) is 13.2 Å². The van der Waals surface area contributed by atoms with E-state index in [1.807, 2.05) is 0 Å². The van der Waals surface area contributed by atoms with Gasteiger partial charge in [-0.2, -0.15) is 23.3 Å². The van der Waals surface area contributed by atoms with Gasteiger partial charge in [-0.05, 0) is 30.7 Å². The largest absolute Gasteiger partial charge is 0.453 e. The van der Waals surface area contributed by atoms with E-state index in [1.165, 1.54) is 24.8 Å². The highest BCUT2D eigenvalue weighted by atomic mass is 32.2. The molecule has 3 rings (SSSR count). The standard InChI is InChI=1S/C16H16F3N7OS/c1-8-2-3-9(6-10(8)16(17,18)19)11-4-5-12(27-11)14-22-15(26-25-14)28-7-13(23-20)24-21/h2-6H,7,20-21H2,1H3,(H,23,24)(H,22,25,26). The Hall–Kier alpha value is -2.99. The predicted octanol–water partition coefficient (Wildman–Crippen LogP) is 2.89. The molecule has 3 aromatic rings. The lowest BCUT2D eigenvalue weighted by molar-refractivity contribution is -0.138. The first-order valence-electron chi connectivity index (χ1n) is 7.89. The van der Waals surface area contributed by atoms with E-state index < -0.39 is 11.7 Å². The van der Waals surface area contributed by atoms with Crippen LogP contribution in [0.25, 0.3) is 22.9 Å². The van der Waals surface area contributed by atoms with Crippen LogP contribution < -0.4 is 17.1 Å². The zero-order valence-electron chi connectivity index (χ0n) is 14.5. The van der Waals surface area contributed by atoms with E-state index in [0.717, 1.165) is 6.07 Å². The van der Waals surface area contributed by atoms with Crippen molar-refractivity contribution in [1.82, 2.24) is 20.6 Å². The van der Waals surface area contributed by atoms with Crippen molar-refractivity contribution < 1.29 is 17.6 Å². The normalized spacial score (nSPS) is 12.4. The monoisotopic (exact) mass is 411 g/mol. The third-order valence-corrected chi connectivity index (χ3v) is 4.65. The van der Waals surface area contributed by atoms with Gasteiger partial charge < -0.3 is 15.7 Å². The number of hydrazone groups is 1. The molecule has 0 aliphatic heterocycles. The van der Waals surface area contributed by atoms with Crippen molar-refractivity contribution >= 4 is 17.6 Å². The number of rotatable bonds is 5. The summed E-state index contributed by atoms with van der Waals surface area (Å²) in [5, 5.41) is 10.6. The molecule has 0 atom stereocenters. The molecule has 0 bridgehead atoms. The van der Waals surface area contributed by atoms with Crippen molar-refractivity contribution in [2.75, 3.05) is 5.75 Å². The van der Waals surface area contributed by atoms with Crippen LogP contribution in [0.2, 0.25) is 0 Å². The van der Waals surface area contributed by atoms with Gasteiger partial charge in [-0.3, -0.25) is 5.10 Å². The number of H-pyrrole nitrogens is 1. The molecule has 12 heteroatoms. The number of aryl methyl sites for hydroxylation is 1. The number of amidine groups is 1. The van der Waals surface area contributed by atoms with E-state index in [4.69, 9.17) is 16.1 Å². The topological polar surface area (TPSA) is 131 Å². The first kappa shape index (κ1) is 19.8. The molecule has 2 aromatic heterocycles. The molecular formula is C16H16F3N7OS. The number of furan rings is 1. The van der Waals surface area contributed by atoms with Gasteiger partial charge in [0.1, 0.15) is 11.6 Å². The molecule has 0 saturated heterocycles. The maximum atomic E-state index is 13.1. The van der Waals surface area contributed by atoms with E-state index >= 15 is 0 Å². The first-order chi connectivity index (χ1) is 13.3. The predicted molar refractivity (Wildman–Crippen MR) is 98.9 cm³/mol. The fraction of sp³-hybridized carbons (Fsp3) is 0.188. The maximum absolute atomic E-state index is 13.1. The van der Waals surface area contributed by atoms with Crippen LogP contribution in [0.1, 0.15) is 11.1 Å². The summed E-state index contributed by atoms with van der Waals surface area (Å²) in [4.78, 5) is 4.26. The molecule has 0 aliphatic rings. The van der Waals surface area contributed by atoms with Gasteiger partial charge in [0.25, 0.3) is 0 Å². The second kappa shape index (κ2) is 7.94. The van der Waals surface area contributed by atoms with Crippen LogP contribution in [0, 0.1) is 6.92 Å². The highest BCUT2D eigenvalue weighted by Gasteiger charge is 2.32. The zero-order valence-corrected chi connectivity index (χ0v) is 15.4. The number of aromatic amines is 1. The SMILES string of the molecule is Cc1ccc(-c2ccc(-c3nc(SC/C(=N/N)NN)n[nH]3)o2)cc1C(F)(F)F. The van der Waals surface area contributed by atoms with Gasteiger partial charge in [0.15, 0.2) is 11.6 Å². The Morgan fingerprint density at radius 2 is 2.04 bits per heavy atom. The minimum Gasteiger partial charge on any atom is -0.453 e. The second-order valence-corrected chi connectivity index (χ2v) is 6.61. The molecule has 8 nitrogen and oxygen atoms in total. The van der Waals surface area contributed by atoms with Crippen LogP contribution in [-0.4, -0.2) is 26.8 Å². The van der Waals surface area contributed by atoms with Gasteiger partial charge in [-0.25, -0.2) is 5.84 Å². The number of aromatic nitrogens is 3. The fourth-order valence-corrected chi connectivity index (χ4v) is 3.06. The number of halogens is 3. The number of nitrogens with zero attached hydrogens (tertiary/aromatic N) is 3. The van der Waals surface area contributed by atoms with Gasteiger partial charge in [-0.15, -0.1) is 5.10 Å². The Morgan fingerprint density at radius 3 is 2.71 bits per heavy atom. The van der Waals surface area contributed by atoms with Crippen LogP contribution in [0.15, 0.2) is 45.0 Å². The highest BCUT2D eigenvalue weighted by Crippen LogP contribution is 2.35. The lowest BCUT2D eigenvalue weighted by Crippen LogP contribution is -2.33. The number of benzene rings is 1. The van der Waals surface area contributed by atoms with Crippen molar-refractivity contribution in [3.63, 3.8) is 0 Å². The third kappa shape index (κ3) is 4.28. The van der Waals surface area contributed by atoms with Crippen molar-refractivity contribution in [1.29, 1.82) is 0 Å². The highest BCUT2D eigenvalue weighted by molar-refractivity contribution is 7.99. The number of thioether (sulfide) groups is 1. The Morgan fingerprint density at radius 1 is 1.29 bits per heavy atom. The minimum absolute atomic E-state index is 0.146. The zero-order chi connectivity index (χ0) is 20.3. The number of hydrogen-bond donors (Lipinski definition) is 4. The summed E-state index contributed by atoms with van der Waals surface area (Å²) in [5.41, 5.74) is 2.10. The summed E-state index contributed by atoms with van der Waals surface area (Å²) in [6.07, 6.45) is -4.43. The summed E-state index contributed by atoms with van der Waals surface area (Å²) >= 11 is 1.23. The van der Waals surface area contributed by atoms with Crippen LogP contribution >= 0.6 is 11.8 Å². The van der Waals surface area contributed by atoms with E-state index in [2.05, 4.69) is 25.7 Å². The Labute approximate surface area is 161 Å². The molecule has 0 amide bonds. The van der Waals surface area contributed by atoms with E-state index in [-0.39, 0.29) is 11.3 Å². The van der Waals surface area contributed by atoms with Crippen LogP contribution in [0.3, 0.4) is 0 Å². The molecule has 2 heterocycles. The Balaban J connectivity index is 1.80. The Bertz CT molecular complexity index is 996. The number of alkyl halides is 3. The van der Waals surface area contributed by atoms with Crippen molar-refractivity contribution in [3.8, 4) is 22.9 Å². The van der Waals surface area contributed by atoms with Gasteiger partial charge >= 0.3 is 6.18 Å². The molecule has 0 aliphatic carbocycles. The van der Waals surface area contributed by atoms with Gasteiger partial charge in [0.05, 0.1) is 11.3 Å². The first-order valence-corrected chi connectivity index (χ1v) is 8.87. The molecule has 0 fully saturated rings. The molecule has 0 spiro atoms. The van der Waals surface area contributed by atoms with Gasteiger partial charge in [0, 0.05) is 5.56 Å². The summed E-state index contributed by atoms with van der Waals surface area (Å²) in [5.74, 6) is 12.0. The third-order valence-electron chi connectivity index (χ3n) is 3.79. The van der Waals surface area contributed by atoms with Crippen LogP contribution in [-0.2, 0) is 6.18 Å². The van der Waals surface area contributed by atoms with Gasteiger partial charge in [-0.1, -0.05) is 23.9 Å². The molecule has 148 valence electrons. The summed E-state index contributed by atoms with van der Waals surface area (Å²) in [6.45, 7) is 1.41. The van der Waals surface area contributed by atoms with Crippen molar-refractivity contribution in [2.24, 2.45) is 16.8 Å². The van der Waals surface area contributed by atoms with Crippen LogP contribution in [0.5, 0.6) is 0 Å². The lowest BCUT2D eigenvalue weighted by atomic mass is 10.0. The second-order valence-electron chi connectivity index (χ2n) is 5.67. The van der Waals surface area contributed by atoms with E-state index in [0.29, 0.717) is 33.9 Å². The number of hydrazine groups is 1. The van der Waals surface area contributed by atoms with E-state index in [9.17, 15) is 13.2 Å². The number of hydrogen-bond acceptors (Lipinski definition) is 7. The molecule has 0 radical (unpaired) electrons. The molecule has 0 saturated carbocycles. The maximum Gasteiger partial charge on any atom is 0.416 e. The molecule has 28 heavy (non-hydrogen) atoms. The lowest BCUT2D eigenvalue weighted by Gasteiger charge is -2.11. The number of nitrogens with one attached hydrogen (secondary N) is 2. The smallest absolute Gasteiger partial charge is 0.416 e. The summed E-state index contributed by atoms with van der Waals surface area (Å²) in [6, 6.07) is 7.22. The summed E-state index contributed by atoms with van der Waals surface area (Å²) < 4.78 is 45.0. The van der Waals surface area contributed by atoms with E-state index in [1.54, 1.807) is 18.2 Å². The molecule has 1 aromatic carbocycles. The van der Waals surface area contributed by atoms with Gasteiger partial charge in [0.2, 0.25) is 5.16 Å². The minimum atomic E-state index is -4.43. The Kier molecular flexibility index (Phi) is 5.61. The molecular weight excluding hydrogens is 395 g/mol. The quantitative estimate of drug-likeness (QED) is 0.167. The number of nitrogens with two attached hydrogens (primary N) is 2. The van der Waals surface area contributed by atoms with Crippen molar-refractivity contribution in [3.05, 3.63) is 41.5 Å². The fourth-order valence-electron chi connectivity index (χ4n) is 2.37. The average Bonchev–Trinajstić information content (AvgIpc) is 3.31. The molecule has 6 N–H and O–H groups in total. The summed E-state index contributed by atoms with van der Waals surface area (Å²) in [7, 11) is 0.